The summed E-state index contributed by atoms with van der Waals surface area (Å²) in [6.45, 7) is 6.67. The molecular formula is C16H25N3O2S2. The number of hydrogen-bond donors (Lipinski definition) is 3. The minimum absolute atomic E-state index is 0.0808. The number of thiocarbonyl (C=S) groups is 1. The van der Waals surface area contributed by atoms with Crippen LogP contribution < -0.4 is 16.2 Å². The van der Waals surface area contributed by atoms with Crippen molar-refractivity contribution in [2.75, 3.05) is 19.5 Å². The maximum atomic E-state index is 11.8. The van der Waals surface area contributed by atoms with Gasteiger partial charge >= 0.3 is 0 Å². The van der Waals surface area contributed by atoms with Gasteiger partial charge in [-0.25, -0.2) is 0 Å². The average molecular weight is 356 g/mol. The van der Waals surface area contributed by atoms with Crippen LogP contribution in [0.4, 0.5) is 0 Å². The molecule has 0 aliphatic heterocycles. The molecule has 1 aromatic carbocycles. The third-order valence-electron chi connectivity index (χ3n) is 3.19. The first-order chi connectivity index (χ1) is 10.9. The zero-order valence-corrected chi connectivity index (χ0v) is 15.7. The van der Waals surface area contributed by atoms with Crippen molar-refractivity contribution in [3.8, 4) is 0 Å². The molecule has 1 atom stereocenters. The van der Waals surface area contributed by atoms with Crippen LogP contribution in [0.25, 0.3) is 0 Å². The van der Waals surface area contributed by atoms with Gasteiger partial charge in [-0.2, -0.15) is 0 Å². The van der Waals surface area contributed by atoms with Crippen molar-refractivity contribution < 1.29 is 9.53 Å². The van der Waals surface area contributed by atoms with E-state index in [0.29, 0.717) is 18.1 Å². The zero-order chi connectivity index (χ0) is 17.2. The lowest BCUT2D eigenvalue weighted by Crippen LogP contribution is -2.50. The highest BCUT2D eigenvalue weighted by Gasteiger charge is 2.06. The molecule has 128 valence electrons. The fourth-order valence-corrected chi connectivity index (χ4v) is 3.01. The Bertz CT molecular complexity index is 538. The van der Waals surface area contributed by atoms with Gasteiger partial charge in [0, 0.05) is 30.2 Å². The summed E-state index contributed by atoms with van der Waals surface area (Å²) in [4.78, 5) is 13.0. The lowest BCUT2D eigenvalue weighted by Gasteiger charge is -2.16. The molecule has 1 rings (SSSR count). The third kappa shape index (κ3) is 8.20. The van der Waals surface area contributed by atoms with E-state index in [0.717, 1.165) is 5.75 Å². The third-order valence-corrected chi connectivity index (χ3v) is 4.40. The Morgan fingerprint density at radius 2 is 2.04 bits per heavy atom. The van der Waals surface area contributed by atoms with E-state index in [-0.39, 0.29) is 11.9 Å². The monoisotopic (exact) mass is 355 g/mol. The molecule has 23 heavy (non-hydrogen) atoms. The van der Waals surface area contributed by atoms with Crippen LogP contribution in [0.2, 0.25) is 0 Å². The number of thioether (sulfide) groups is 1. The van der Waals surface area contributed by atoms with Crippen molar-refractivity contribution >= 4 is 35.0 Å². The van der Waals surface area contributed by atoms with Crippen molar-refractivity contribution in [1.29, 1.82) is 0 Å². The Morgan fingerprint density at radius 3 is 2.70 bits per heavy atom. The van der Waals surface area contributed by atoms with Crippen LogP contribution in [-0.4, -0.2) is 36.5 Å². The predicted octanol–water partition coefficient (Wildman–Crippen LogP) is 2.32. The highest BCUT2D eigenvalue weighted by Crippen LogP contribution is 2.21. The molecule has 5 nitrogen and oxygen atoms in total. The van der Waals surface area contributed by atoms with Gasteiger partial charge < -0.3 is 10.1 Å². The molecule has 1 aromatic rings. The van der Waals surface area contributed by atoms with E-state index in [2.05, 4.69) is 48.2 Å². The highest BCUT2D eigenvalue weighted by atomic mass is 32.2. The maximum absolute atomic E-state index is 11.8. The number of amides is 1. The smallest absolute Gasteiger partial charge is 0.239 e. The molecule has 1 amide bonds. The minimum Gasteiger partial charge on any atom is -0.383 e. The van der Waals surface area contributed by atoms with Gasteiger partial charge in [-0.15, -0.1) is 11.8 Å². The van der Waals surface area contributed by atoms with Crippen LogP contribution in [0.3, 0.4) is 0 Å². The molecule has 0 unspecified atom stereocenters. The van der Waals surface area contributed by atoms with Crippen molar-refractivity contribution in [3.63, 3.8) is 0 Å². The molecule has 0 saturated heterocycles. The molecular weight excluding hydrogens is 330 g/mol. The van der Waals surface area contributed by atoms with Crippen molar-refractivity contribution in [2.24, 2.45) is 0 Å². The van der Waals surface area contributed by atoms with Crippen LogP contribution in [0.5, 0.6) is 0 Å². The van der Waals surface area contributed by atoms with E-state index in [1.54, 1.807) is 18.9 Å². The lowest BCUT2D eigenvalue weighted by atomic mass is 10.1. The summed E-state index contributed by atoms with van der Waals surface area (Å²) in [5.74, 6) is 0.626. The Kier molecular flexibility index (Phi) is 8.98. The van der Waals surface area contributed by atoms with Gasteiger partial charge in [-0.3, -0.25) is 15.6 Å². The van der Waals surface area contributed by atoms with Gasteiger partial charge in [0.25, 0.3) is 0 Å². The van der Waals surface area contributed by atoms with E-state index in [9.17, 15) is 4.79 Å². The molecule has 0 aromatic heterocycles. The summed E-state index contributed by atoms with van der Waals surface area (Å²) in [5.41, 5.74) is 7.83. The summed E-state index contributed by atoms with van der Waals surface area (Å²) in [7, 11) is 1.63. The predicted molar refractivity (Wildman–Crippen MR) is 99.6 cm³/mol. The minimum atomic E-state index is -0.0927. The van der Waals surface area contributed by atoms with Gasteiger partial charge in [0.15, 0.2) is 5.11 Å². The molecule has 0 fully saturated rings. The number of rotatable bonds is 7. The van der Waals surface area contributed by atoms with Crippen LogP contribution in [-0.2, 0) is 9.53 Å². The average Bonchev–Trinajstić information content (AvgIpc) is 2.49. The van der Waals surface area contributed by atoms with Crippen LogP contribution in [0.15, 0.2) is 23.1 Å². The fourth-order valence-electron chi connectivity index (χ4n) is 1.81. The normalized spacial score (nSPS) is 11.7. The number of carbonyl (C=O) groups excluding carboxylic acids is 1. The zero-order valence-electron chi connectivity index (χ0n) is 14.1. The second-order valence-electron chi connectivity index (χ2n) is 5.35. The number of carbonyl (C=O) groups is 1. The number of benzene rings is 1. The van der Waals surface area contributed by atoms with E-state index >= 15 is 0 Å². The first-order valence-electron chi connectivity index (χ1n) is 7.46. The fraction of sp³-hybridized carbons (Fsp3) is 0.500. The van der Waals surface area contributed by atoms with E-state index in [4.69, 9.17) is 17.0 Å². The largest absolute Gasteiger partial charge is 0.383 e. The molecule has 0 aliphatic carbocycles. The summed E-state index contributed by atoms with van der Waals surface area (Å²) < 4.78 is 5.00. The van der Waals surface area contributed by atoms with Gasteiger partial charge in [0.1, 0.15) is 0 Å². The topological polar surface area (TPSA) is 62.4 Å². The standard InChI is InChI=1S/C16H25N3O2S2/c1-11-5-6-14(9-12(11)2)23-8-7-15(20)18-19-16(22)17-13(3)10-21-4/h5-6,9,13H,7-8,10H2,1-4H3,(H,18,20)(H2,17,19,22)/t13-/m1/s1. The Balaban J connectivity index is 2.21. The van der Waals surface area contributed by atoms with E-state index in [1.807, 2.05) is 6.92 Å². The van der Waals surface area contributed by atoms with Crippen molar-refractivity contribution in [1.82, 2.24) is 16.2 Å². The van der Waals surface area contributed by atoms with Gasteiger partial charge in [0.2, 0.25) is 5.91 Å². The molecule has 0 heterocycles. The molecule has 0 aliphatic rings. The Labute approximate surface area is 147 Å². The summed E-state index contributed by atoms with van der Waals surface area (Å²) >= 11 is 6.75. The number of ether oxygens (including phenoxy) is 1. The molecule has 3 N–H and O–H groups in total. The summed E-state index contributed by atoms with van der Waals surface area (Å²) in [5, 5.41) is 3.38. The molecule has 0 spiro atoms. The molecule has 7 heteroatoms. The van der Waals surface area contributed by atoms with Crippen LogP contribution in [0, 0.1) is 13.8 Å². The molecule has 0 bridgehead atoms. The second-order valence-corrected chi connectivity index (χ2v) is 6.92. The lowest BCUT2D eigenvalue weighted by molar-refractivity contribution is -0.121. The maximum Gasteiger partial charge on any atom is 0.239 e. The van der Waals surface area contributed by atoms with Gasteiger partial charge in [-0.05, 0) is 56.2 Å². The number of hydrogen-bond acceptors (Lipinski definition) is 4. The van der Waals surface area contributed by atoms with E-state index in [1.165, 1.54) is 16.0 Å². The molecule has 0 radical (unpaired) electrons. The number of methoxy groups -OCH3 is 1. The van der Waals surface area contributed by atoms with Gasteiger partial charge in [0.05, 0.1) is 6.61 Å². The first kappa shape index (κ1) is 19.7. The molecule has 0 saturated carbocycles. The quantitative estimate of drug-likeness (QED) is 0.396. The van der Waals surface area contributed by atoms with Crippen LogP contribution >= 0.6 is 24.0 Å². The van der Waals surface area contributed by atoms with E-state index < -0.39 is 0 Å². The number of nitrogens with one attached hydrogen (secondary N) is 3. The SMILES string of the molecule is COC[C@@H](C)NC(=S)NNC(=O)CCSc1ccc(C)c(C)c1. The first-order valence-corrected chi connectivity index (χ1v) is 8.86. The Morgan fingerprint density at radius 1 is 1.30 bits per heavy atom. The van der Waals surface area contributed by atoms with Crippen LogP contribution in [0.1, 0.15) is 24.5 Å². The summed E-state index contributed by atoms with van der Waals surface area (Å²) in [6.07, 6.45) is 0.417. The Hall–Kier alpha value is -1.31. The second kappa shape index (κ2) is 10.5. The van der Waals surface area contributed by atoms with Crippen molar-refractivity contribution in [3.05, 3.63) is 29.3 Å². The van der Waals surface area contributed by atoms with Gasteiger partial charge in [-0.1, -0.05) is 6.07 Å². The number of aryl methyl sites for hydroxylation is 2. The summed E-state index contributed by atoms with van der Waals surface area (Å²) in [6, 6.07) is 6.41. The highest BCUT2D eigenvalue weighted by molar-refractivity contribution is 7.99. The van der Waals surface area contributed by atoms with Crippen molar-refractivity contribution in [2.45, 2.75) is 38.1 Å². The number of hydrazine groups is 1.